The number of carbonyl (C=O) groups excluding carboxylic acids is 1. The molecule has 1 N–H and O–H groups in total. The van der Waals surface area contributed by atoms with Crippen LogP contribution >= 0.6 is 0 Å². The van der Waals surface area contributed by atoms with Crippen molar-refractivity contribution in [1.29, 1.82) is 0 Å². The Morgan fingerprint density at radius 2 is 2.21 bits per heavy atom. The van der Waals surface area contributed by atoms with Crippen LogP contribution in [-0.2, 0) is 0 Å². The highest BCUT2D eigenvalue weighted by atomic mass is 16.3. The molecule has 3 fully saturated rings. The van der Waals surface area contributed by atoms with Crippen molar-refractivity contribution < 1.29 is 9.21 Å². The number of carbonyl (C=O) groups is 1. The van der Waals surface area contributed by atoms with Crippen LogP contribution in [0.15, 0.2) is 40.5 Å². The van der Waals surface area contributed by atoms with Crippen LogP contribution in [0.25, 0.3) is 11.5 Å². The summed E-state index contributed by atoms with van der Waals surface area (Å²) in [7, 11) is 0. The van der Waals surface area contributed by atoms with Gasteiger partial charge in [0, 0.05) is 25.2 Å². The first kappa shape index (κ1) is 17.5. The van der Waals surface area contributed by atoms with E-state index in [0.29, 0.717) is 23.3 Å². The zero-order valence-electron chi connectivity index (χ0n) is 16.7. The van der Waals surface area contributed by atoms with Crippen molar-refractivity contribution in [2.24, 2.45) is 11.8 Å². The van der Waals surface area contributed by atoms with E-state index in [-0.39, 0.29) is 11.9 Å². The molecular formula is C23H28N4O2. The first-order valence-electron chi connectivity index (χ1n) is 11.1. The summed E-state index contributed by atoms with van der Waals surface area (Å²) in [6.07, 6.45) is 11.7. The van der Waals surface area contributed by atoms with Gasteiger partial charge < -0.3 is 9.32 Å². The van der Waals surface area contributed by atoms with E-state index in [2.05, 4.69) is 26.1 Å². The van der Waals surface area contributed by atoms with Crippen molar-refractivity contribution in [1.82, 2.24) is 20.0 Å². The van der Waals surface area contributed by atoms with Gasteiger partial charge in [-0.1, -0.05) is 18.1 Å². The number of aromatic amines is 1. The van der Waals surface area contributed by atoms with E-state index >= 15 is 0 Å². The topological polar surface area (TPSA) is 65.4 Å². The van der Waals surface area contributed by atoms with Gasteiger partial charge in [-0.3, -0.25) is 14.8 Å². The number of nitrogens with zero attached hydrogens (tertiary/aromatic N) is 3. The Bertz CT molecular complexity index is 931. The highest BCUT2D eigenvalue weighted by molar-refractivity contribution is 5.93. The average molecular weight is 393 g/mol. The van der Waals surface area contributed by atoms with E-state index in [1.54, 1.807) is 6.26 Å². The molecule has 5 heterocycles. The molecule has 29 heavy (non-hydrogen) atoms. The number of rotatable bonds is 2. The minimum absolute atomic E-state index is 0.0499. The van der Waals surface area contributed by atoms with E-state index in [9.17, 15) is 4.79 Å². The summed E-state index contributed by atoms with van der Waals surface area (Å²) in [5.41, 5.74) is 2.76. The van der Waals surface area contributed by atoms with Gasteiger partial charge in [0.25, 0.3) is 5.91 Å². The number of aromatic nitrogens is 2. The van der Waals surface area contributed by atoms with Gasteiger partial charge in [0.1, 0.15) is 5.69 Å². The molecule has 2 aromatic rings. The molecule has 6 nitrogen and oxygen atoms in total. The summed E-state index contributed by atoms with van der Waals surface area (Å²) in [5.74, 6) is 2.00. The summed E-state index contributed by atoms with van der Waals surface area (Å²) in [5, 5.41) is 7.29. The minimum atomic E-state index is 0.0499. The third kappa shape index (κ3) is 2.88. The van der Waals surface area contributed by atoms with Gasteiger partial charge in [-0.05, 0) is 62.6 Å². The van der Waals surface area contributed by atoms with Crippen molar-refractivity contribution in [2.75, 3.05) is 19.6 Å². The molecule has 2 bridgehead atoms. The number of H-pyrrole nitrogens is 1. The van der Waals surface area contributed by atoms with Crippen LogP contribution < -0.4 is 0 Å². The van der Waals surface area contributed by atoms with Crippen molar-refractivity contribution in [3.63, 3.8) is 0 Å². The third-order valence-corrected chi connectivity index (χ3v) is 7.50. The standard InChI is InChI=1S/C23H28N4O2/c28-23(19-13-18(24-25-19)21-7-4-10-29-21)27-9-3-5-15-11-16-12-17(22(15)27)14-26-8-2-1-6-20(16)26/h4,7,10-11,13,16-17,20,22H,1-3,5-6,8-9,12,14H2,(H,24,25)/t16-,17+,20-,22+/m0/s1. The van der Waals surface area contributed by atoms with E-state index in [1.807, 2.05) is 18.2 Å². The number of fused-ring (bicyclic) bond motifs is 6. The maximum Gasteiger partial charge on any atom is 0.274 e. The van der Waals surface area contributed by atoms with Gasteiger partial charge in [0.2, 0.25) is 0 Å². The number of likely N-dealkylation sites (tertiary alicyclic amines) is 1. The van der Waals surface area contributed by atoms with Crippen molar-refractivity contribution >= 4 is 5.91 Å². The van der Waals surface area contributed by atoms with Crippen LogP contribution in [-0.4, -0.2) is 57.6 Å². The number of nitrogens with one attached hydrogen (secondary N) is 1. The minimum Gasteiger partial charge on any atom is -0.463 e. The first-order valence-corrected chi connectivity index (χ1v) is 11.1. The zero-order valence-corrected chi connectivity index (χ0v) is 16.7. The fourth-order valence-electron chi connectivity index (χ4n) is 6.34. The molecule has 0 saturated carbocycles. The van der Waals surface area contributed by atoms with Crippen molar-refractivity contribution in [3.8, 4) is 11.5 Å². The molecule has 4 aliphatic rings. The Hall–Kier alpha value is -2.34. The highest BCUT2D eigenvalue weighted by Gasteiger charge is 2.47. The third-order valence-electron chi connectivity index (χ3n) is 7.50. The Labute approximate surface area is 170 Å². The maximum atomic E-state index is 13.5. The molecule has 2 aromatic heterocycles. The maximum absolute atomic E-state index is 13.5. The first-order chi connectivity index (χ1) is 14.3. The van der Waals surface area contributed by atoms with E-state index in [1.165, 1.54) is 37.8 Å². The van der Waals surface area contributed by atoms with Crippen molar-refractivity contribution in [3.05, 3.63) is 41.8 Å². The fourth-order valence-corrected chi connectivity index (χ4v) is 6.34. The molecule has 0 unspecified atom stereocenters. The molecule has 3 saturated heterocycles. The Kier molecular flexibility index (Phi) is 4.15. The van der Waals surface area contributed by atoms with Crippen LogP contribution in [0.4, 0.5) is 0 Å². The second-order valence-corrected chi connectivity index (χ2v) is 9.15. The zero-order chi connectivity index (χ0) is 19.4. The number of hydrogen-bond donors (Lipinski definition) is 1. The summed E-state index contributed by atoms with van der Waals surface area (Å²) in [6.45, 7) is 3.20. The fraction of sp³-hybridized carbons (Fsp3) is 0.565. The van der Waals surface area contributed by atoms with Crippen LogP contribution in [0.2, 0.25) is 0 Å². The molecule has 1 amide bonds. The number of piperidine rings is 3. The van der Waals surface area contributed by atoms with Crippen LogP contribution in [0.3, 0.4) is 0 Å². The molecule has 6 heteroatoms. The molecule has 3 aliphatic heterocycles. The lowest BCUT2D eigenvalue weighted by molar-refractivity contribution is 0.00131. The lowest BCUT2D eigenvalue weighted by atomic mass is 9.68. The largest absolute Gasteiger partial charge is 0.463 e. The summed E-state index contributed by atoms with van der Waals surface area (Å²) >= 11 is 0. The van der Waals surface area contributed by atoms with Crippen LogP contribution in [0, 0.1) is 11.8 Å². The van der Waals surface area contributed by atoms with Gasteiger partial charge in [-0.25, -0.2) is 0 Å². The summed E-state index contributed by atoms with van der Waals surface area (Å²) in [6, 6.07) is 6.53. The van der Waals surface area contributed by atoms with Crippen LogP contribution in [0.5, 0.6) is 0 Å². The smallest absolute Gasteiger partial charge is 0.274 e. The molecule has 4 atom stereocenters. The monoisotopic (exact) mass is 392 g/mol. The molecule has 0 radical (unpaired) electrons. The lowest BCUT2D eigenvalue weighted by Crippen LogP contribution is -2.60. The van der Waals surface area contributed by atoms with E-state index < -0.39 is 0 Å². The SMILES string of the molecule is O=C(c1cc(-c2ccco2)[nH]n1)N1CCCC2=C[C@H]3C[C@H](CN4CCCC[C@@H]34)[C@@H]21. The predicted octanol–water partition coefficient (Wildman–Crippen LogP) is 3.70. The average Bonchev–Trinajstić information content (AvgIpc) is 3.45. The molecule has 0 spiro atoms. The predicted molar refractivity (Wildman–Crippen MR) is 109 cm³/mol. The molecule has 6 rings (SSSR count). The number of amides is 1. The van der Waals surface area contributed by atoms with Crippen molar-refractivity contribution in [2.45, 2.75) is 50.6 Å². The second kappa shape index (κ2) is 6.87. The molecule has 152 valence electrons. The molecular weight excluding hydrogens is 364 g/mol. The van der Waals surface area contributed by atoms with Gasteiger partial charge in [0.15, 0.2) is 11.5 Å². The normalized spacial score (nSPS) is 31.7. The van der Waals surface area contributed by atoms with E-state index in [4.69, 9.17) is 4.42 Å². The van der Waals surface area contributed by atoms with Gasteiger partial charge in [0.05, 0.1) is 12.3 Å². The van der Waals surface area contributed by atoms with Gasteiger partial charge >= 0.3 is 0 Å². The Balaban J connectivity index is 1.29. The van der Waals surface area contributed by atoms with Gasteiger partial charge in [-0.15, -0.1) is 0 Å². The highest BCUT2D eigenvalue weighted by Crippen LogP contribution is 2.45. The lowest BCUT2D eigenvalue weighted by Gasteiger charge is -2.54. The number of hydrogen-bond acceptors (Lipinski definition) is 4. The Morgan fingerprint density at radius 1 is 1.24 bits per heavy atom. The summed E-state index contributed by atoms with van der Waals surface area (Å²) in [4.78, 5) is 18.3. The number of furan rings is 1. The Morgan fingerprint density at radius 3 is 3.10 bits per heavy atom. The van der Waals surface area contributed by atoms with Crippen LogP contribution in [0.1, 0.15) is 49.0 Å². The summed E-state index contributed by atoms with van der Waals surface area (Å²) < 4.78 is 5.44. The van der Waals surface area contributed by atoms with Gasteiger partial charge in [-0.2, -0.15) is 5.10 Å². The van der Waals surface area contributed by atoms with E-state index in [0.717, 1.165) is 37.7 Å². The quantitative estimate of drug-likeness (QED) is 0.792. The molecule has 0 aromatic carbocycles. The molecule has 1 aliphatic carbocycles. The second-order valence-electron chi connectivity index (χ2n) is 9.15.